The predicted octanol–water partition coefficient (Wildman–Crippen LogP) is 4.58. The zero-order valence-corrected chi connectivity index (χ0v) is 15.3. The third-order valence-corrected chi connectivity index (χ3v) is 5.77. The monoisotopic (exact) mass is 385 g/mol. The van der Waals surface area contributed by atoms with Gasteiger partial charge in [-0.2, -0.15) is 13.2 Å². The van der Waals surface area contributed by atoms with Crippen LogP contribution in [0.2, 0.25) is 0 Å². The van der Waals surface area contributed by atoms with Crippen molar-refractivity contribution in [2.24, 2.45) is 5.92 Å². The highest BCUT2D eigenvalue weighted by Crippen LogP contribution is 2.40. The third-order valence-electron chi connectivity index (χ3n) is 5.77. The van der Waals surface area contributed by atoms with Crippen molar-refractivity contribution in [3.8, 4) is 5.75 Å². The van der Waals surface area contributed by atoms with E-state index in [0.29, 0.717) is 31.3 Å². The van der Waals surface area contributed by atoms with Gasteiger partial charge in [-0.1, -0.05) is 25.0 Å². The number of carbonyl (C=O) groups is 1. The summed E-state index contributed by atoms with van der Waals surface area (Å²) in [5.74, 6) is -0.448. The highest BCUT2D eigenvalue weighted by atomic mass is 19.4. The summed E-state index contributed by atoms with van der Waals surface area (Å²) in [6.45, 7) is 0.842. The summed E-state index contributed by atoms with van der Waals surface area (Å²) in [6.07, 6.45) is 2.04. The molecule has 3 atom stereocenters. The fourth-order valence-electron chi connectivity index (χ4n) is 4.52. The number of carboxylic acids is 1. The van der Waals surface area contributed by atoms with Crippen molar-refractivity contribution in [3.05, 3.63) is 29.8 Å². The van der Waals surface area contributed by atoms with Gasteiger partial charge in [0, 0.05) is 6.04 Å². The Bertz CT molecular complexity index is 650. The van der Waals surface area contributed by atoms with Gasteiger partial charge in [0.1, 0.15) is 11.8 Å². The molecule has 0 amide bonds. The molecule has 150 valence electrons. The standard InChI is InChI=1S/C20H26F3NO3/c21-20(22,23)15-8-2-4-10-18(15)27-12-6-5-11-24-16-9-3-1-7-14(16)13-17(24)19(25)26/h2,4,8,10,14,16-17H,1,3,5-7,9,11-13H2,(H,25,26). The van der Waals surface area contributed by atoms with E-state index in [9.17, 15) is 23.1 Å². The van der Waals surface area contributed by atoms with E-state index in [1.165, 1.54) is 24.6 Å². The number of carboxylic acid groups (broad SMARTS) is 1. The minimum absolute atomic E-state index is 0.151. The highest BCUT2D eigenvalue weighted by Gasteiger charge is 2.44. The summed E-state index contributed by atoms with van der Waals surface area (Å²) >= 11 is 0. The van der Waals surface area contributed by atoms with Gasteiger partial charge in [-0.05, 0) is 56.7 Å². The molecule has 1 saturated heterocycles. The first-order valence-corrected chi connectivity index (χ1v) is 9.65. The van der Waals surface area contributed by atoms with Crippen LogP contribution in [0.1, 0.15) is 50.5 Å². The van der Waals surface area contributed by atoms with Crippen LogP contribution in [0.4, 0.5) is 13.2 Å². The van der Waals surface area contributed by atoms with Gasteiger partial charge in [-0.15, -0.1) is 0 Å². The summed E-state index contributed by atoms with van der Waals surface area (Å²) in [6, 6.07) is 5.12. The number of hydrogen-bond acceptors (Lipinski definition) is 3. The maximum Gasteiger partial charge on any atom is 0.419 e. The normalized spacial score (nSPS) is 26.0. The van der Waals surface area contributed by atoms with Gasteiger partial charge in [0.25, 0.3) is 0 Å². The summed E-state index contributed by atoms with van der Waals surface area (Å²) in [5, 5.41) is 9.52. The molecule has 1 heterocycles. The molecule has 0 radical (unpaired) electrons. The summed E-state index contributed by atoms with van der Waals surface area (Å²) < 4.78 is 44.2. The lowest BCUT2D eigenvalue weighted by Gasteiger charge is -2.33. The average molecular weight is 385 g/mol. The Morgan fingerprint density at radius 1 is 1.19 bits per heavy atom. The van der Waals surface area contributed by atoms with E-state index in [0.717, 1.165) is 31.7 Å². The molecular formula is C20H26F3NO3. The van der Waals surface area contributed by atoms with Crippen molar-refractivity contribution in [1.82, 2.24) is 4.90 Å². The molecule has 2 fully saturated rings. The Morgan fingerprint density at radius 2 is 1.93 bits per heavy atom. The second-order valence-corrected chi connectivity index (χ2v) is 7.49. The van der Waals surface area contributed by atoms with Gasteiger partial charge in [0.05, 0.1) is 12.2 Å². The molecule has 3 unspecified atom stereocenters. The molecule has 27 heavy (non-hydrogen) atoms. The number of aliphatic carboxylic acids is 1. The first-order valence-electron chi connectivity index (χ1n) is 9.65. The Hall–Kier alpha value is -1.76. The van der Waals surface area contributed by atoms with Crippen molar-refractivity contribution in [3.63, 3.8) is 0 Å². The molecule has 1 aliphatic carbocycles. The zero-order valence-electron chi connectivity index (χ0n) is 15.3. The average Bonchev–Trinajstić information content (AvgIpc) is 3.00. The molecule has 7 heteroatoms. The van der Waals surface area contributed by atoms with Crippen LogP contribution in [0.15, 0.2) is 24.3 Å². The fourth-order valence-corrected chi connectivity index (χ4v) is 4.52. The molecule has 0 aromatic heterocycles. The number of alkyl halides is 3. The third kappa shape index (κ3) is 4.75. The van der Waals surface area contributed by atoms with Crippen molar-refractivity contribution >= 4 is 5.97 Å². The van der Waals surface area contributed by atoms with Gasteiger partial charge in [0.2, 0.25) is 0 Å². The lowest BCUT2D eigenvalue weighted by molar-refractivity contribution is -0.142. The van der Waals surface area contributed by atoms with Crippen molar-refractivity contribution in [1.29, 1.82) is 0 Å². The second kappa shape index (κ2) is 8.50. The molecular weight excluding hydrogens is 359 g/mol. The molecule has 0 bridgehead atoms. The minimum Gasteiger partial charge on any atom is -0.493 e. The Morgan fingerprint density at radius 3 is 2.67 bits per heavy atom. The largest absolute Gasteiger partial charge is 0.493 e. The minimum atomic E-state index is -4.43. The maximum atomic E-state index is 13.0. The molecule has 1 aromatic carbocycles. The number of hydrogen-bond donors (Lipinski definition) is 1. The van der Waals surface area contributed by atoms with E-state index in [1.54, 1.807) is 0 Å². The quantitative estimate of drug-likeness (QED) is 0.698. The van der Waals surface area contributed by atoms with Gasteiger partial charge in [-0.25, -0.2) is 0 Å². The van der Waals surface area contributed by atoms with Crippen LogP contribution >= 0.6 is 0 Å². The Kier molecular flexibility index (Phi) is 6.29. The first-order chi connectivity index (χ1) is 12.9. The number of likely N-dealkylation sites (tertiary alicyclic amines) is 1. The second-order valence-electron chi connectivity index (χ2n) is 7.49. The van der Waals surface area contributed by atoms with Crippen molar-refractivity contribution in [2.75, 3.05) is 13.2 Å². The smallest absolute Gasteiger partial charge is 0.419 e. The number of rotatable bonds is 7. The van der Waals surface area contributed by atoms with Crippen molar-refractivity contribution < 1.29 is 27.8 Å². The highest BCUT2D eigenvalue weighted by molar-refractivity contribution is 5.74. The van der Waals surface area contributed by atoms with Crippen LogP contribution in [-0.4, -0.2) is 41.2 Å². The van der Waals surface area contributed by atoms with Crippen LogP contribution in [0.25, 0.3) is 0 Å². The van der Waals surface area contributed by atoms with E-state index < -0.39 is 23.8 Å². The van der Waals surface area contributed by atoms with Gasteiger partial charge >= 0.3 is 12.1 Å². The number of halogens is 3. The predicted molar refractivity (Wildman–Crippen MR) is 94.7 cm³/mol. The number of benzene rings is 1. The molecule has 1 aromatic rings. The zero-order chi connectivity index (χ0) is 19.4. The number of para-hydroxylation sites is 1. The summed E-state index contributed by atoms with van der Waals surface area (Å²) in [5.41, 5.74) is -0.763. The van der Waals surface area contributed by atoms with E-state index in [-0.39, 0.29) is 12.4 Å². The number of unbranched alkanes of at least 4 members (excludes halogenated alkanes) is 1. The topological polar surface area (TPSA) is 49.8 Å². The fraction of sp³-hybridized carbons (Fsp3) is 0.650. The van der Waals surface area contributed by atoms with Gasteiger partial charge in [0.15, 0.2) is 0 Å². The van der Waals surface area contributed by atoms with Crippen LogP contribution in [0.3, 0.4) is 0 Å². The number of ether oxygens (including phenoxy) is 1. The Labute approximate surface area is 157 Å². The lowest BCUT2D eigenvalue weighted by Crippen LogP contribution is -2.42. The number of fused-ring (bicyclic) bond motifs is 1. The van der Waals surface area contributed by atoms with Crippen LogP contribution in [-0.2, 0) is 11.0 Å². The van der Waals surface area contributed by atoms with Crippen LogP contribution in [0.5, 0.6) is 5.75 Å². The molecule has 1 N–H and O–H groups in total. The maximum absolute atomic E-state index is 13.0. The van der Waals surface area contributed by atoms with Gasteiger partial charge < -0.3 is 9.84 Å². The molecule has 1 saturated carbocycles. The van der Waals surface area contributed by atoms with Crippen LogP contribution in [0, 0.1) is 5.92 Å². The SMILES string of the molecule is O=C(O)C1CC2CCCCC2N1CCCCOc1ccccc1C(F)(F)F. The molecule has 4 nitrogen and oxygen atoms in total. The molecule has 1 aliphatic heterocycles. The first kappa shape index (κ1) is 20.0. The van der Waals surface area contributed by atoms with E-state index in [2.05, 4.69) is 4.90 Å². The lowest BCUT2D eigenvalue weighted by atomic mass is 9.85. The molecule has 0 spiro atoms. The molecule has 3 rings (SSSR count). The summed E-state index contributed by atoms with van der Waals surface area (Å²) in [7, 11) is 0. The summed E-state index contributed by atoms with van der Waals surface area (Å²) in [4.78, 5) is 13.7. The van der Waals surface area contributed by atoms with Gasteiger partial charge in [-0.3, -0.25) is 9.69 Å². The van der Waals surface area contributed by atoms with E-state index in [4.69, 9.17) is 4.74 Å². The van der Waals surface area contributed by atoms with E-state index >= 15 is 0 Å². The number of nitrogens with zero attached hydrogens (tertiary/aromatic N) is 1. The van der Waals surface area contributed by atoms with Crippen molar-refractivity contribution in [2.45, 2.75) is 63.2 Å². The van der Waals surface area contributed by atoms with E-state index in [1.807, 2.05) is 0 Å². The molecule has 2 aliphatic rings. The van der Waals surface area contributed by atoms with Crippen LogP contribution < -0.4 is 4.74 Å². The Balaban J connectivity index is 1.49.